The van der Waals surface area contributed by atoms with Gasteiger partial charge in [-0.1, -0.05) is 44.0 Å². The number of ether oxygens (including phenoxy) is 1. The highest BCUT2D eigenvalue weighted by Gasteiger charge is 2.15. The predicted octanol–water partition coefficient (Wildman–Crippen LogP) is 5.56. The number of methoxy groups -OCH3 is 1. The highest BCUT2D eigenvalue weighted by atomic mass is 79.9. The lowest BCUT2D eigenvalue weighted by Gasteiger charge is -2.17. The maximum absolute atomic E-state index is 5.25. The smallest absolute Gasteiger partial charge is 0.119 e. The van der Waals surface area contributed by atoms with Gasteiger partial charge in [0, 0.05) is 4.47 Å². The predicted molar refractivity (Wildman–Crippen MR) is 87.4 cm³/mol. The summed E-state index contributed by atoms with van der Waals surface area (Å²) in [6.07, 6.45) is 0. The quantitative estimate of drug-likeness (QED) is 0.630. The lowest BCUT2D eigenvalue weighted by Crippen LogP contribution is -1.99. The number of benzene rings is 2. The van der Waals surface area contributed by atoms with Crippen LogP contribution in [-0.2, 0) is 0 Å². The lowest BCUT2D eigenvalue weighted by molar-refractivity contribution is 0.414. The SMILES string of the molecule is COc1ccc(C(Br)c2ccc(Br)cc2C)c(C)c1. The summed E-state index contributed by atoms with van der Waals surface area (Å²) in [6, 6.07) is 12.6. The molecule has 100 valence electrons. The van der Waals surface area contributed by atoms with E-state index in [1.54, 1.807) is 7.11 Å². The zero-order valence-electron chi connectivity index (χ0n) is 11.2. The second kappa shape index (κ2) is 6.10. The standard InChI is InChI=1S/C16H16Br2O/c1-10-8-12(17)4-6-14(10)16(18)15-7-5-13(19-3)9-11(15)2/h4-9,16H,1-3H3. The molecule has 1 atom stereocenters. The van der Waals surface area contributed by atoms with Gasteiger partial charge in [0.2, 0.25) is 0 Å². The molecule has 3 heteroatoms. The third-order valence-corrected chi connectivity index (χ3v) is 4.73. The number of alkyl halides is 1. The first-order chi connectivity index (χ1) is 9.02. The van der Waals surface area contributed by atoms with Crippen molar-refractivity contribution in [2.45, 2.75) is 18.7 Å². The highest BCUT2D eigenvalue weighted by molar-refractivity contribution is 9.10. The number of hydrogen-bond acceptors (Lipinski definition) is 1. The third-order valence-electron chi connectivity index (χ3n) is 3.25. The van der Waals surface area contributed by atoms with Gasteiger partial charge in [-0.15, -0.1) is 0 Å². The van der Waals surface area contributed by atoms with Gasteiger partial charge in [-0.2, -0.15) is 0 Å². The van der Waals surface area contributed by atoms with Gasteiger partial charge in [0.15, 0.2) is 0 Å². The largest absolute Gasteiger partial charge is 0.497 e. The molecule has 0 aliphatic heterocycles. The van der Waals surface area contributed by atoms with Gasteiger partial charge in [0.1, 0.15) is 5.75 Å². The number of rotatable bonds is 3. The molecule has 0 aliphatic rings. The van der Waals surface area contributed by atoms with Crippen LogP contribution in [0.4, 0.5) is 0 Å². The van der Waals surface area contributed by atoms with Gasteiger partial charge in [0.05, 0.1) is 11.9 Å². The van der Waals surface area contributed by atoms with Crippen LogP contribution in [0, 0.1) is 13.8 Å². The van der Waals surface area contributed by atoms with Gasteiger partial charge in [0.25, 0.3) is 0 Å². The topological polar surface area (TPSA) is 9.23 Å². The molecular formula is C16H16Br2O. The molecule has 0 saturated heterocycles. The summed E-state index contributed by atoms with van der Waals surface area (Å²) < 4.78 is 6.36. The Bertz CT molecular complexity index is 593. The molecular weight excluding hydrogens is 368 g/mol. The van der Waals surface area contributed by atoms with E-state index in [4.69, 9.17) is 4.74 Å². The average molecular weight is 384 g/mol. The molecule has 2 rings (SSSR count). The summed E-state index contributed by atoms with van der Waals surface area (Å²) in [5.41, 5.74) is 5.05. The Morgan fingerprint density at radius 1 is 0.947 bits per heavy atom. The Labute approximate surface area is 131 Å². The van der Waals surface area contributed by atoms with E-state index < -0.39 is 0 Å². The first kappa shape index (κ1) is 14.6. The maximum Gasteiger partial charge on any atom is 0.119 e. The number of halogens is 2. The molecule has 0 amide bonds. The van der Waals surface area contributed by atoms with Gasteiger partial charge in [-0.05, 0) is 60.4 Å². The lowest BCUT2D eigenvalue weighted by atomic mass is 9.97. The Balaban J connectivity index is 2.41. The molecule has 0 fully saturated rings. The average Bonchev–Trinajstić information content (AvgIpc) is 2.37. The third kappa shape index (κ3) is 3.21. The molecule has 0 N–H and O–H groups in total. The Morgan fingerprint density at radius 3 is 2.05 bits per heavy atom. The summed E-state index contributed by atoms with van der Waals surface area (Å²) in [6.45, 7) is 4.24. The molecule has 1 nitrogen and oxygen atoms in total. The van der Waals surface area contributed by atoms with Crippen molar-refractivity contribution in [3.8, 4) is 5.75 Å². The van der Waals surface area contributed by atoms with Crippen LogP contribution < -0.4 is 4.74 Å². The monoisotopic (exact) mass is 382 g/mol. The second-order valence-corrected chi connectivity index (χ2v) is 6.42. The van der Waals surface area contributed by atoms with Gasteiger partial charge < -0.3 is 4.74 Å². The van der Waals surface area contributed by atoms with Crippen molar-refractivity contribution in [1.82, 2.24) is 0 Å². The van der Waals surface area contributed by atoms with Gasteiger partial charge in [-0.3, -0.25) is 0 Å². The normalized spacial score (nSPS) is 12.3. The van der Waals surface area contributed by atoms with Crippen molar-refractivity contribution in [1.29, 1.82) is 0 Å². The van der Waals surface area contributed by atoms with Crippen LogP contribution in [0.15, 0.2) is 40.9 Å². The van der Waals surface area contributed by atoms with E-state index in [2.05, 4.69) is 76.0 Å². The van der Waals surface area contributed by atoms with Crippen molar-refractivity contribution < 1.29 is 4.74 Å². The molecule has 0 aromatic heterocycles. The fourth-order valence-corrected chi connectivity index (χ4v) is 3.65. The van der Waals surface area contributed by atoms with Gasteiger partial charge >= 0.3 is 0 Å². The van der Waals surface area contributed by atoms with Crippen molar-refractivity contribution in [3.63, 3.8) is 0 Å². The Kier molecular flexibility index (Phi) is 4.69. The van der Waals surface area contributed by atoms with Crippen LogP contribution in [0.1, 0.15) is 27.1 Å². The van der Waals surface area contributed by atoms with Crippen LogP contribution in [0.5, 0.6) is 5.75 Å². The molecule has 0 radical (unpaired) electrons. The molecule has 0 saturated carbocycles. The fourth-order valence-electron chi connectivity index (χ4n) is 2.15. The van der Waals surface area contributed by atoms with Crippen LogP contribution in [0.2, 0.25) is 0 Å². The van der Waals surface area contributed by atoms with Crippen molar-refractivity contribution in [2.24, 2.45) is 0 Å². The van der Waals surface area contributed by atoms with E-state index in [1.165, 1.54) is 22.3 Å². The minimum atomic E-state index is 0.200. The van der Waals surface area contributed by atoms with E-state index in [-0.39, 0.29) is 4.83 Å². The molecule has 2 aromatic rings. The molecule has 0 aliphatic carbocycles. The first-order valence-electron chi connectivity index (χ1n) is 6.07. The second-order valence-electron chi connectivity index (χ2n) is 4.59. The number of hydrogen-bond donors (Lipinski definition) is 0. The van der Waals surface area contributed by atoms with E-state index in [0.717, 1.165) is 10.2 Å². The molecule has 1 unspecified atom stereocenters. The summed E-state index contributed by atoms with van der Waals surface area (Å²) in [5, 5.41) is 0. The molecule has 19 heavy (non-hydrogen) atoms. The van der Waals surface area contributed by atoms with Crippen molar-refractivity contribution >= 4 is 31.9 Å². The van der Waals surface area contributed by atoms with Crippen molar-refractivity contribution in [2.75, 3.05) is 7.11 Å². The zero-order chi connectivity index (χ0) is 14.0. The van der Waals surface area contributed by atoms with Crippen molar-refractivity contribution in [3.05, 3.63) is 63.1 Å². The van der Waals surface area contributed by atoms with E-state index in [9.17, 15) is 0 Å². The summed E-state index contributed by atoms with van der Waals surface area (Å²) >= 11 is 7.31. The summed E-state index contributed by atoms with van der Waals surface area (Å²) in [7, 11) is 1.69. The van der Waals surface area contributed by atoms with Crippen LogP contribution in [0.3, 0.4) is 0 Å². The fraction of sp³-hybridized carbons (Fsp3) is 0.250. The zero-order valence-corrected chi connectivity index (χ0v) is 14.4. The molecule has 2 aromatic carbocycles. The molecule has 0 heterocycles. The Hall–Kier alpha value is -0.800. The number of aryl methyl sites for hydroxylation is 2. The van der Waals surface area contributed by atoms with Crippen LogP contribution in [0.25, 0.3) is 0 Å². The molecule has 0 spiro atoms. The van der Waals surface area contributed by atoms with Crippen LogP contribution >= 0.6 is 31.9 Å². The van der Waals surface area contributed by atoms with E-state index in [0.29, 0.717) is 0 Å². The first-order valence-corrected chi connectivity index (χ1v) is 7.78. The van der Waals surface area contributed by atoms with Crippen LogP contribution in [-0.4, -0.2) is 7.11 Å². The maximum atomic E-state index is 5.25. The Morgan fingerprint density at radius 2 is 1.53 bits per heavy atom. The minimum Gasteiger partial charge on any atom is -0.497 e. The van der Waals surface area contributed by atoms with E-state index >= 15 is 0 Å². The highest BCUT2D eigenvalue weighted by Crippen LogP contribution is 2.36. The summed E-state index contributed by atoms with van der Waals surface area (Å²) in [4.78, 5) is 0.200. The van der Waals surface area contributed by atoms with E-state index in [1.807, 2.05) is 6.07 Å². The summed E-state index contributed by atoms with van der Waals surface area (Å²) in [5.74, 6) is 0.897. The minimum absolute atomic E-state index is 0.200. The van der Waals surface area contributed by atoms with Gasteiger partial charge in [-0.25, -0.2) is 0 Å². The molecule has 0 bridgehead atoms.